The van der Waals surface area contributed by atoms with E-state index < -0.39 is 29.7 Å². The molecule has 37 heavy (non-hydrogen) atoms. The minimum Gasteiger partial charge on any atom is -0.406 e. The maximum Gasteiger partial charge on any atom is 0.573 e. The Morgan fingerprint density at radius 3 is 2.32 bits per heavy atom. The lowest BCUT2D eigenvalue weighted by atomic mass is 9.87. The Morgan fingerprint density at radius 2 is 1.68 bits per heavy atom. The number of hydrogen-bond acceptors (Lipinski definition) is 4. The van der Waals surface area contributed by atoms with E-state index in [-0.39, 0.29) is 24.6 Å². The van der Waals surface area contributed by atoms with Gasteiger partial charge in [0.25, 0.3) is 5.91 Å². The van der Waals surface area contributed by atoms with Gasteiger partial charge in [0, 0.05) is 41.7 Å². The molecule has 6 nitrogen and oxygen atoms in total. The molecule has 0 spiro atoms. The van der Waals surface area contributed by atoms with Crippen molar-refractivity contribution in [1.29, 1.82) is 0 Å². The van der Waals surface area contributed by atoms with Gasteiger partial charge in [-0.2, -0.15) is 0 Å². The number of piperidine rings is 2. The summed E-state index contributed by atoms with van der Waals surface area (Å²) >= 11 is 0. The summed E-state index contributed by atoms with van der Waals surface area (Å²) in [7, 11) is 2.10. The number of nitrogens with one attached hydrogen (secondary N) is 1. The lowest BCUT2D eigenvalue weighted by molar-refractivity contribution is -0.274. The van der Waals surface area contributed by atoms with Crippen LogP contribution >= 0.6 is 0 Å². The van der Waals surface area contributed by atoms with Gasteiger partial charge in [0.2, 0.25) is 0 Å². The average Bonchev–Trinajstić information content (AvgIpc) is 3.27. The van der Waals surface area contributed by atoms with E-state index >= 15 is 4.39 Å². The fraction of sp³-hybridized carbons (Fsp3) is 0.462. The Labute approximate surface area is 210 Å². The first kappa shape index (κ1) is 25.4. The van der Waals surface area contributed by atoms with Crippen molar-refractivity contribution in [3.05, 3.63) is 58.9 Å². The lowest BCUT2D eigenvalue weighted by Gasteiger charge is -2.32. The van der Waals surface area contributed by atoms with E-state index in [2.05, 4.69) is 26.7 Å². The number of rotatable bonds is 4. The zero-order chi connectivity index (χ0) is 26.3. The number of amides is 1. The number of benzene rings is 1. The molecule has 0 atom stereocenters. The van der Waals surface area contributed by atoms with Crippen LogP contribution in [-0.2, 0) is 0 Å². The molecule has 0 saturated carbocycles. The number of likely N-dealkylation sites (tertiary alicyclic amines) is 2. The van der Waals surface area contributed by atoms with Crippen molar-refractivity contribution in [2.24, 2.45) is 0 Å². The molecule has 5 rings (SSSR count). The molecule has 0 radical (unpaired) electrons. The van der Waals surface area contributed by atoms with Crippen molar-refractivity contribution >= 4 is 16.9 Å². The molecule has 2 aliphatic heterocycles. The molecule has 1 amide bonds. The Bertz CT molecular complexity index is 1290. The van der Waals surface area contributed by atoms with Crippen LogP contribution in [0.4, 0.5) is 22.0 Å². The standard InChI is InChI=1S/C26H27F5N4O2/c1-34-8-4-15(5-9-34)22-13-19-23(21(28)14-32-24(19)33-22)16-6-10-35(11-7-16)25(36)18-3-2-17(12-20(18)27)37-26(29,30)31/h2-3,12-16H,4-11H2,1H3,(H,32,33). The van der Waals surface area contributed by atoms with E-state index in [0.717, 1.165) is 49.1 Å². The van der Waals surface area contributed by atoms with E-state index in [4.69, 9.17) is 0 Å². The molecule has 0 aliphatic carbocycles. The van der Waals surface area contributed by atoms with Gasteiger partial charge in [-0.3, -0.25) is 4.79 Å². The van der Waals surface area contributed by atoms with Crippen LogP contribution in [0, 0.1) is 11.6 Å². The Kier molecular flexibility index (Phi) is 6.82. The number of aromatic nitrogens is 2. The summed E-state index contributed by atoms with van der Waals surface area (Å²) in [6.07, 6.45) is -0.769. The Hall–Kier alpha value is -3.21. The molecule has 198 valence electrons. The fourth-order valence-electron chi connectivity index (χ4n) is 5.45. The van der Waals surface area contributed by atoms with E-state index in [0.29, 0.717) is 36.0 Å². The summed E-state index contributed by atoms with van der Waals surface area (Å²) < 4.78 is 70.3. The van der Waals surface area contributed by atoms with Crippen molar-refractivity contribution in [2.45, 2.75) is 43.9 Å². The first-order chi connectivity index (χ1) is 17.6. The number of nitrogens with zero attached hydrogens (tertiary/aromatic N) is 3. The third-order valence-electron chi connectivity index (χ3n) is 7.43. The van der Waals surface area contributed by atoms with Gasteiger partial charge in [-0.1, -0.05) is 0 Å². The van der Waals surface area contributed by atoms with Crippen LogP contribution in [0.15, 0.2) is 30.5 Å². The number of H-pyrrole nitrogens is 1. The predicted molar refractivity (Wildman–Crippen MR) is 126 cm³/mol. The van der Waals surface area contributed by atoms with Crippen molar-refractivity contribution in [3.8, 4) is 5.75 Å². The molecule has 2 fully saturated rings. The van der Waals surface area contributed by atoms with Gasteiger partial charge in [0.1, 0.15) is 23.0 Å². The summed E-state index contributed by atoms with van der Waals surface area (Å²) in [5.74, 6) is -2.63. The van der Waals surface area contributed by atoms with Crippen molar-refractivity contribution in [1.82, 2.24) is 19.8 Å². The zero-order valence-corrected chi connectivity index (χ0v) is 20.2. The van der Waals surface area contributed by atoms with Crippen LogP contribution in [0.1, 0.15) is 59.1 Å². The normalized spacial score (nSPS) is 18.5. The van der Waals surface area contributed by atoms with Crippen LogP contribution in [0.2, 0.25) is 0 Å². The fourth-order valence-corrected chi connectivity index (χ4v) is 5.45. The second kappa shape index (κ2) is 9.92. The van der Waals surface area contributed by atoms with Gasteiger partial charge in [-0.05, 0) is 69.9 Å². The second-order valence-corrected chi connectivity index (χ2v) is 9.84. The minimum atomic E-state index is -4.96. The molecular formula is C26H27F5N4O2. The molecule has 1 aromatic carbocycles. The maximum atomic E-state index is 15.0. The summed E-state index contributed by atoms with van der Waals surface area (Å²) in [5, 5.41) is 0.755. The predicted octanol–water partition coefficient (Wildman–Crippen LogP) is 5.57. The molecule has 4 heterocycles. The highest BCUT2D eigenvalue weighted by Crippen LogP contribution is 2.37. The third-order valence-corrected chi connectivity index (χ3v) is 7.43. The SMILES string of the molecule is CN1CCC(c2cc3c(C4CCN(C(=O)c5ccc(OC(F)(F)F)cc5F)CC4)c(F)cnc3[nH]2)CC1. The Morgan fingerprint density at radius 1 is 1.00 bits per heavy atom. The number of fused-ring (bicyclic) bond motifs is 1. The van der Waals surface area contributed by atoms with Gasteiger partial charge in [-0.25, -0.2) is 13.8 Å². The van der Waals surface area contributed by atoms with Crippen LogP contribution in [0.3, 0.4) is 0 Å². The number of pyridine rings is 1. The minimum absolute atomic E-state index is 0.150. The molecule has 3 aromatic rings. The number of ether oxygens (including phenoxy) is 1. The van der Waals surface area contributed by atoms with E-state index in [1.54, 1.807) is 0 Å². The highest BCUT2D eigenvalue weighted by atomic mass is 19.4. The van der Waals surface area contributed by atoms with Gasteiger partial charge in [0.15, 0.2) is 0 Å². The highest BCUT2D eigenvalue weighted by Gasteiger charge is 2.33. The number of aromatic amines is 1. The van der Waals surface area contributed by atoms with Crippen LogP contribution < -0.4 is 4.74 Å². The number of hydrogen-bond donors (Lipinski definition) is 1. The van der Waals surface area contributed by atoms with Gasteiger partial charge < -0.3 is 19.5 Å². The highest BCUT2D eigenvalue weighted by molar-refractivity contribution is 5.94. The quantitative estimate of drug-likeness (QED) is 0.456. The molecule has 0 bridgehead atoms. The monoisotopic (exact) mass is 522 g/mol. The zero-order valence-electron chi connectivity index (χ0n) is 20.2. The first-order valence-electron chi connectivity index (χ1n) is 12.3. The maximum absolute atomic E-state index is 15.0. The average molecular weight is 523 g/mol. The first-order valence-corrected chi connectivity index (χ1v) is 12.3. The lowest BCUT2D eigenvalue weighted by Crippen LogP contribution is -2.38. The van der Waals surface area contributed by atoms with Crippen LogP contribution in [0.25, 0.3) is 11.0 Å². The van der Waals surface area contributed by atoms with E-state index in [9.17, 15) is 22.4 Å². The molecule has 2 saturated heterocycles. The largest absolute Gasteiger partial charge is 0.573 e. The van der Waals surface area contributed by atoms with E-state index in [1.807, 2.05) is 6.07 Å². The van der Waals surface area contributed by atoms with Crippen molar-refractivity contribution in [3.63, 3.8) is 0 Å². The second-order valence-electron chi connectivity index (χ2n) is 9.84. The smallest absolute Gasteiger partial charge is 0.406 e. The molecular weight excluding hydrogens is 495 g/mol. The number of carbonyl (C=O) groups excluding carboxylic acids is 1. The van der Waals surface area contributed by atoms with Gasteiger partial charge in [-0.15, -0.1) is 13.2 Å². The number of carbonyl (C=O) groups is 1. The summed E-state index contributed by atoms with van der Waals surface area (Å²) in [6.45, 7) is 2.53. The molecule has 2 aliphatic rings. The Balaban J connectivity index is 1.30. The molecule has 11 heteroatoms. The number of alkyl halides is 3. The number of halogens is 5. The van der Waals surface area contributed by atoms with Crippen LogP contribution in [0.5, 0.6) is 5.75 Å². The van der Waals surface area contributed by atoms with Crippen molar-refractivity contribution in [2.75, 3.05) is 33.2 Å². The molecule has 2 aromatic heterocycles. The third kappa shape index (κ3) is 5.41. The van der Waals surface area contributed by atoms with Gasteiger partial charge in [0.05, 0.1) is 11.8 Å². The van der Waals surface area contributed by atoms with Crippen LogP contribution in [-0.4, -0.2) is 65.3 Å². The van der Waals surface area contributed by atoms with Gasteiger partial charge >= 0.3 is 6.36 Å². The van der Waals surface area contributed by atoms with Crippen molar-refractivity contribution < 1.29 is 31.5 Å². The molecule has 0 unspecified atom stereocenters. The van der Waals surface area contributed by atoms with E-state index in [1.165, 1.54) is 11.1 Å². The summed E-state index contributed by atoms with van der Waals surface area (Å²) in [4.78, 5) is 24.2. The topological polar surface area (TPSA) is 61.5 Å². The summed E-state index contributed by atoms with van der Waals surface area (Å²) in [6, 6.07) is 4.45. The molecule has 1 N–H and O–H groups in total. The summed E-state index contributed by atoms with van der Waals surface area (Å²) in [5.41, 5.74) is 1.95.